The summed E-state index contributed by atoms with van der Waals surface area (Å²) in [6.07, 6.45) is 1.45. The average molecular weight is 450 g/mol. The highest BCUT2D eigenvalue weighted by atomic mass is 16.5. The maximum Gasteiger partial charge on any atom is 0.337 e. The number of piperidine rings is 1. The number of hydrogen-bond donors (Lipinski definition) is 1. The van der Waals surface area contributed by atoms with Gasteiger partial charge in [-0.05, 0) is 68.4 Å². The Hall–Kier alpha value is -3.72. The molecule has 0 atom stereocenters. The first kappa shape index (κ1) is 22.5. The number of nitrogens with zero attached hydrogens (tertiary/aromatic N) is 3. The number of anilines is 1. The predicted octanol–water partition coefficient (Wildman–Crippen LogP) is 3.38. The molecule has 4 rings (SSSR count). The van der Waals surface area contributed by atoms with E-state index in [-0.39, 0.29) is 11.8 Å². The van der Waals surface area contributed by atoms with E-state index in [9.17, 15) is 9.59 Å². The Morgan fingerprint density at radius 3 is 2.58 bits per heavy atom. The molecule has 0 radical (unpaired) electrons. The Morgan fingerprint density at radius 2 is 1.88 bits per heavy atom. The standard InChI is InChI=1S/C24H26N4O5/c1-31-20-8-6-16(7-9-20)22-26-21(33-27-22)15-28-12-10-17(11-13-28)23(29)25-19-5-3-4-18(14-19)24(30)32-2/h3-9,14,17H,10-13,15H2,1-2H3,(H,25,29). The molecule has 1 amide bonds. The fourth-order valence-corrected chi connectivity index (χ4v) is 3.81. The highest BCUT2D eigenvalue weighted by molar-refractivity contribution is 5.95. The summed E-state index contributed by atoms with van der Waals surface area (Å²) in [7, 11) is 2.95. The molecule has 9 nitrogen and oxygen atoms in total. The van der Waals surface area contributed by atoms with Crippen LogP contribution in [0.4, 0.5) is 5.69 Å². The summed E-state index contributed by atoms with van der Waals surface area (Å²) in [5.74, 6) is 1.28. The van der Waals surface area contributed by atoms with Gasteiger partial charge in [-0.15, -0.1) is 0 Å². The molecule has 33 heavy (non-hydrogen) atoms. The van der Waals surface area contributed by atoms with Crippen molar-refractivity contribution in [1.82, 2.24) is 15.0 Å². The first-order valence-corrected chi connectivity index (χ1v) is 10.7. The Balaban J connectivity index is 1.28. The second kappa shape index (κ2) is 10.3. The summed E-state index contributed by atoms with van der Waals surface area (Å²) in [5.41, 5.74) is 1.85. The van der Waals surface area contributed by atoms with Gasteiger partial charge in [-0.2, -0.15) is 4.98 Å². The number of methoxy groups -OCH3 is 2. The zero-order chi connectivity index (χ0) is 23.2. The smallest absolute Gasteiger partial charge is 0.337 e. The summed E-state index contributed by atoms with van der Waals surface area (Å²) in [5, 5.41) is 6.98. The molecule has 2 aromatic carbocycles. The molecular formula is C24H26N4O5. The lowest BCUT2D eigenvalue weighted by molar-refractivity contribution is -0.121. The monoisotopic (exact) mass is 450 g/mol. The topological polar surface area (TPSA) is 107 Å². The van der Waals surface area contributed by atoms with Gasteiger partial charge in [0.25, 0.3) is 0 Å². The normalized spacial score (nSPS) is 14.6. The molecule has 1 aliphatic rings. The quantitative estimate of drug-likeness (QED) is 0.546. The molecule has 0 bridgehead atoms. The van der Waals surface area contributed by atoms with E-state index in [4.69, 9.17) is 14.0 Å². The van der Waals surface area contributed by atoms with Crippen LogP contribution in [0.2, 0.25) is 0 Å². The molecule has 0 spiro atoms. The molecule has 1 N–H and O–H groups in total. The third-order valence-corrected chi connectivity index (χ3v) is 5.68. The Bertz CT molecular complexity index is 1100. The van der Waals surface area contributed by atoms with Crippen LogP contribution in [0.3, 0.4) is 0 Å². The highest BCUT2D eigenvalue weighted by Gasteiger charge is 2.26. The van der Waals surface area contributed by atoms with Crippen LogP contribution in [0, 0.1) is 5.92 Å². The zero-order valence-corrected chi connectivity index (χ0v) is 18.6. The van der Waals surface area contributed by atoms with Gasteiger partial charge in [-0.1, -0.05) is 11.2 Å². The molecule has 172 valence electrons. The number of aromatic nitrogens is 2. The summed E-state index contributed by atoms with van der Waals surface area (Å²) in [6.45, 7) is 2.04. The van der Waals surface area contributed by atoms with Crippen LogP contribution in [0.15, 0.2) is 53.1 Å². The molecule has 1 saturated heterocycles. The van der Waals surface area contributed by atoms with Gasteiger partial charge < -0.3 is 19.3 Å². The van der Waals surface area contributed by atoms with E-state index < -0.39 is 5.97 Å². The number of likely N-dealkylation sites (tertiary alicyclic amines) is 1. The van der Waals surface area contributed by atoms with Gasteiger partial charge in [0.2, 0.25) is 17.6 Å². The molecule has 2 heterocycles. The van der Waals surface area contributed by atoms with Crippen LogP contribution in [0.25, 0.3) is 11.4 Å². The molecule has 1 fully saturated rings. The van der Waals surface area contributed by atoms with E-state index in [1.165, 1.54) is 7.11 Å². The minimum atomic E-state index is -0.435. The van der Waals surface area contributed by atoms with Crippen molar-refractivity contribution in [3.05, 3.63) is 60.0 Å². The fourth-order valence-electron chi connectivity index (χ4n) is 3.81. The first-order valence-electron chi connectivity index (χ1n) is 10.7. The Kier molecular flexibility index (Phi) is 6.99. The predicted molar refractivity (Wildman–Crippen MR) is 121 cm³/mol. The molecule has 9 heteroatoms. The summed E-state index contributed by atoms with van der Waals surface area (Å²) in [4.78, 5) is 31.1. The number of amides is 1. The van der Waals surface area contributed by atoms with E-state index in [1.807, 2.05) is 24.3 Å². The second-order valence-corrected chi connectivity index (χ2v) is 7.85. The van der Waals surface area contributed by atoms with Crippen molar-refractivity contribution in [1.29, 1.82) is 0 Å². The Morgan fingerprint density at radius 1 is 1.12 bits per heavy atom. The maximum atomic E-state index is 12.7. The third-order valence-electron chi connectivity index (χ3n) is 5.68. The number of ether oxygens (including phenoxy) is 2. The van der Waals surface area contributed by atoms with Crippen molar-refractivity contribution >= 4 is 17.6 Å². The lowest BCUT2D eigenvalue weighted by atomic mass is 9.95. The molecule has 3 aromatic rings. The number of carbonyl (C=O) groups excluding carboxylic acids is 2. The second-order valence-electron chi connectivity index (χ2n) is 7.85. The van der Waals surface area contributed by atoms with Crippen molar-refractivity contribution in [2.24, 2.45) is 5.92 Å². The SMILES string of the molecule is COC(=O)c1cccc(NC(=O)C2CCN(Cc3nc(-c4ccc(OC)cc4)no3)CC2)c1. The van der Waals surface area contributed by atoms with E-state index in [1.54, 1.807) is 31.4 Å². The third kappa shape index (κ3) is 5.56. The van der Waals surface area contributed by atoms with Crippen molar-refractivity contribution < 1.29 is 23.6 Å². The largest absolute Gasteiger partial charge is 0.497 e. The summed E-state index contributed by atoms with van der Waals surface area (Å²) >= 11 is 0. The number of hydrogen-bond acceptors (Lipinski definition) is 8. The van der Waals surface area contributed by atoms with Crippen LogP contribution in [-0.2, 0) is 16.1 Å². The van der Waals surface area contributed by atoms with Gasteiger partial charge in [0.15, 0.2) is 0 Å². The van der Waals surface area contributed by atoms with E-state index in [0.717, 1.165) is 37.2 Å². The van der Waals surface area contributed by atoms with Crippen LogP contribution in [-0.4, -0.2) is 54.2 Å². The van der Waals surface area contributed by atoms with E-state index in [2.05, 4.69) is 20.4 Å². The van der Waals surface area contributed by atoms with Gasteiger partial charge in [-0.25, -0.2) is 4.79 Å². The van der Waals surface area contributed by atoms with Crippen LogP contribution in [0.1, 0.15) is 29.1 Å². The summed E-state index contributed by atoms with van der Waals surface area (Å²) in [6, 6.07) is 14.2. The molecule has 0 aliphatic carbocycles. The lowest BCUT2D eigenvalue weighted by Crippen LogP contribution is -2.37. The number of esters is 1. The van der Waals surface area contributed by atoms with E-state index in [0.29, 0.717) is 29.5 Å². The first-order chi connectivity index (χ1) is 16.1. The fraction of sp³-hybridized carbons (Fsp3) is 0.333. The molecule has 0 saturated carbocycles. The molecule has 1 aromatic heterocycles. The van der Waals surface area contributed by atoms with Gasteiger partial charge in [0, 0.05) is 17.2 Å². The minimum Gasteiger partial charge on any atom is -0.497 e. The zero-order valence-electron chi connectivity index (χ0n) is 18.6. The summed E-state index contributed by atoms with van der Waals surface area (Å²) < 4.78 is 15.3. The molecule has 0 unspecified atom stereocenters. The van der Waals surface area contributed by atoms with Crippen molar-refractivity contribution in [2.75, 3.05) is 32.6 Å². The minimum absolute atomic E-state index is 0.0451. The lowest BCUT2D eigenvalue weighted by Gasteiger charge is -2.30. The highest BCUT2D eigenvalue weighted by Crippen LogP contribution is 2.23. The molecule has 1 aliphatic heterocycles. The number of benzene rings is 2. The van der Waals surface area contributed by atoms with Crippen molar-refractivity contribution in [2.45, 2.75) is 19.4 Å². The van der Waals surface area contributed by atoms with Gasteiger partial charge in [0.05, 0.1) is 26.3 Å². The van der Waals surface area contributed by atoms with Gasteiger partial charge >= 0.3 is 5.97 Å². The van der Waals surface area contributed by atoms with Crippen molar-refractivity contribution in [3.8, 4) is 17.1 Å². The number of rotatable bonds is 7. The van der Waals surface area contributed by atoms with Gasteiger partial charge in [-0.3, -0.25) is 9.69 Å². The van der Waals surface area contributed by atoms with Crippen molar-refractivity contribution in [3.63, 3.8) is 0 Å². The maximum absolute atomic E-state index is 12.7. The van der Waals surface area contributed by atoms with Crippen LogP contribution in [0.5, 0.6) is 5.75 Å². The van der Waals surface area contributed by atoms with E-state index >= 15 is 0 Å². The number of nitrogens with one attached hydrogen (secondary N) is 1. The average Bonchev–Trinajstić information content (AvgIpc) is 3.32. The van der Waals surface area contributed by atoms with Crippen LogP contribution >= 0.6 is 0 Å². The number of carbonyl (C=O) groups is 2. The molecular weight excluding hydrogens is 424 g/mol. The van der Waals surface area contributed by atoms with Gasteiger partial charge in [0.1, 0.15) is 5.75 Å². The van der Waals surface area contributed by atoms with Crippen LogP contribution < -0.4 is 10.1 Å². The Labute approximate surface area is 191 Å².